The fraction of sp³-hybridized carbons (Fsp3) is 0.375. The second-order valence-electron chi connectivity index (χ2n) is 8.53. The lowest BCUT2D eigenvalue weighted by Crippen LogP contribution is -2.53. The van der Waals surface area contributed by atoms with Crippen LogP contribution in [-0.2, 0) is 0 Å². The fourth-order valence-corrected chi connectivity index (χ4v) is 4.53. The summed E-state index contributed by atoms with van der Waals surface area (Å²) < 4.78 is 41.7. The van der Waals surface area contributed by atoms with Crippen LogP contribution in [0, 0.1) is 17.5 Å². The average molecular weight is 455 g/mol. The molecule has 1 atom stereocenters. The first kappa shape index (κ1) is 21.5. The van der Waals surface area contributed by atoms with E-state index >= 15 is 0 Å². The Kier molecular flexibility index (Phi) is 5.78. The third kappa shape index (κ3) is 4.31. The van der Waals surface area contributed by atoms with E-state index in [0.29, 0.717) is 42.7 Å². The van der Waals surface area contributed by atoms with Gasteiger partial charge in [0.2, 0.25) is 5.95 Å². The second kappa shape index (κ2) is 8.88. The molecule has 9 heteroatoms. The fourth-order valence-electron chi connectivity index (χ4n) is 4.53. The summed E-state index contributed by atoms with van der Waals surface area (Å²) in [4.78, 5) is 19.9. The van der Waals surface area contributed by atoms with Crippen molar-refractivity contribution < 1.29 is 13.2 Å². The number of hydrogen-bond acceptors (Lipinski definition) is 6. The maximum absolute atomic E-state index is 14.2. The molecule has 0 saturated carbocycles. The van der Waals surface area contributed by atoms with E-state index in [1.807, 2.05) is 11.0 Å². The molecule has 0 amide bonds. The number of hydrogen-bond donors (Lipinski definition) is 0. The van der Waals surface area contributed by atoms with Gasteiger partial charge in [0.1, 0.15) is 5.82 Å². The van der Waals surface area contributed by atoms with Gasteiger partial charge in [-0.05, 0) is 50.1 Å². The van der Waals surface area contributed by atoms with E-state index in [9.17, 15) is 13.2 Å². The number of piperazine rings is 1. The molecule has 0 aliphatic carbocycles. The topological polar surface area (TPSA) is 48.4 Å². The molecule has 6 nitrogen and oxygen atoms in total. The van der Waals surface area contributed by atoms with Gasteiger partial charge in [-0.2, -0.15) is 4.98 Å². The highest BCUT2D eigenvalue weighted by molar-refractivity contribution is 5.66. The SMILES string of the molecule is CC1CN(c2ncccc2F)CCN1c1cc(-c2ccc(F)c(F)c2)nc(N2CCCC2)n1. The predicted octanol–water partition coefficient (Wildman–Crippen LogP) is 4.27. The molecule has 2 aliphatic rings. The van der Waals surface area contributed by atoms with Crippen molar-refractivity contribution in [2.45, 2.75) is 25.8 Å². The number of rotatable bonds is 4. The molecular weight excluding hydrogens is 429 g/mol. The minimum atomic E-state index is -0.908. The Morgan fingerprint density at radius 3 is 2.39 bits per heavy atom. The van der Waals surface area contributed by atoms with Crippen molar-refractivity contribution in [3.63, 3.8) is 0 Å². The van der Waals surface area contributed by atoms with Crippen LogP contribution in [0.5, 0.6) is 0 Å². The number of halogens is 3. The molecule has 172 valence electrons. The molecule has 2 fully saturated rings. The highest BCUT2D eigenvalue weighted by Gasteiger charge is 2.28. The molecule has 2 aliphatic heterocycles. The zero-order chi connectivity index (χ0) is 22.9. The van der Waals surface area contributed by atoms with Crippen LogP contribution in [0.4, 0.5) is 30.8 Å². The zero-order valence-electron chi connectivity index (χ0n) is 18.4. The largest absolute Gasteiger partial charge is 0.350 e. The van der Waals surface area contributed by atoms with Crippen molar-refractivity contribution in [2.75, 3.05) is 47.4 Å². The van der Waals surface area contributed by atoms with Crippen LogP contribution in [0.3, 0.4) is 0 Å². The zero-order valence-corrected chi connectivity index (χ0v) is 18.4. The van der Waals surface area contributed by atoms with Gasteiger partial charge in [0.05, 0.1) is 5.69 Å². The summed E-state index contributed by atoms with van der Waals surface area (Å²) >= 11 is 0. The van der Waals surface area contributed by atoms with Gasteiger partial charge in [-0.15, -0.1) is 0 Å². The van der Waals surface area contributed by atoms with Crippen molar-refractivity contribution in [3.8, 4) is 11.3 Å². The van der Waals surface area contributed by atoms with E-state index in [2.05, 4.69) is 26.7 Å². The summed E-state index contributed by atoms with van der Waals surface area (Å²) in [5.74, 6) is -0.464. The first-order chi connectivity index (χ1) is 16.0. The number of nitrogens with zero attached hydrogens (tertiary/aromatic N) is 6. The summed E-state index contributed by atoms with van der Waals surface area (Å²) in [5.41, 5.74) is 1.05. The summed E-state index contributed by atoms with van der Waals surface area (Å²) in [6.45, 7) is 5.57. The average Bonchev–Trinajstić information content (AvgIpc) is 3.36. The Bertz CT molecular complexity index is 1150. The molecule has 5 rings (SSSR count). The second-order valence-corrected chi connectivity index (χ2v) is 8.53. The van der Waals surface area contributed by atoms with Gasteiger partial charge in [0.15, 0.2) is 23.3 Å². The molecule has 4 heterocycles. The van der Waals surface area contributed by atoms with E-state index in [1.165, 1.54) is 18.2 Å². The molecule has 0 radical (unpaired) electrons. The maximum Gasteiger partial charge on any atom is 0.227 e. The lowest BCUT2D eigenvalue weighted by atomic mass is 10.1. The standard InChI is InChI=1S/C24H25F3N6/c1-16-15-32(23-19(26)5-4-8-28-23)11-12-33(16)22-14-21(17-6-7-18(25)20(27)13-17)29-24(30-22)31-9-2-3-10-31/h4-8,13-14,16H,2-3,9-12,15H2,1H3. The number of anilines is 3. The molecule has 33 heavy (non-hydrogen) atoms. The first-order valence-corrected chi connectivity index (χ1v) is 11.2. The van der Waals surface area contributed by atoms with Gasteiger partial charge >= 0.3 is 0 Å². The highest BCUT2D eigenvalue weighted by Crippen LogP contribution is 2.30. The molecule has 3 aromatic rings. The number of aromatic nitrogens is 3. The highest BCUT2D eigenvalue weighted by atomic mass is 19.2. The third-order valence-electron chi connectivity index (χ3n) is 6.27. The van der Waals surface area contributed by atoms with Crippen molar-refractivity contribution in [2.24, 2.45) is 0 Å². The quantitative estimate of drug-likeness (QED) is 0.587. The Hall–Kier alpha value is -3.36. The molecule has 0 N–H and O–H groups in total. The van der Waals surface area contributed by atoms with Crippen molar-refractivity contribution in [3.05, 3.63) is 60.0 Å². The monoisotopic (exact) mass is 454 g/mol. The predicted molar refractivity (Wildman–Crippen MR) is 122 cm³/mol. The van der Waals surface area contributed by atoms with Crippen LogP contribution in [0.15, 0.2) is 42.6 Å². The Balaban J connectivity index is 1.47. The van der Waals surface area contributed by atoms with E-state index in [4.69, 9.17) is 4.98 Å². The molecule has 1 aromatic carbocycles. The number of pyridine rings is 1. The van der Waals surface area contributed by atoms with Crippen LogP contribution >= 0.6 is 0 Å². The van der Waals surface area contributed by atoms with Crippen molar-refractivity contribution in [1.29, 1.82) is 0 Å². The summed E-state index contributed by atoms with van der Waals surface area (Å²) in [6.07, 6.45) is 3.73. The summed E-state index contributed by atoms with van der Waals surface area (Å²) in [6, 6.07) is 8.66. The van der Waals surface area contributed by atoms with E-state index in [0.717, 1.165) is 37.8 Å². The minimum Gasteiger partial charge on any atom is -0.350 e. The van der Waals surface area contributed by atoms with E-state index in [-0.39, 0.29) is 11.9 Å². The Morgan fingerprint density at radius 2 is 1.67 bits per heavy atom. The Morgan fingerprint density at radius 1 is 0.848 bits per heavy atom. The van der Waals surface area contributed by atoms with Crippen LogP contribution in [0.1, 0.15) is 19.8 Å². The first-order valence-electron chi connectivity index (χ1n) is 11.2. The van der Waals surface area contributed by atoms with Crippen molar-refractivity contribution in [1.82, 2.24) is 15.0 Å². The van der Waals surface area contributed by atoms with Gasteiger partial charge in [-0.3, -0.25) is 0 Å². The van der Waals surface area contributed by atoms with Gasteiger partial charge in [0, 0.05) is 56.6 Å². The normalized spacial score (nSPS) is 18.8. The molecular formula is C24H25F3N6. The molecule has 1 unspecified atom stereocenters. The summed E-state index contributed by atoms with van der Waals surface area (Å²) in [5, 5.41) is 0. The lowest BCUT2D eigenvalue weighted by molar-refractivity contribution is 0.509. The van der Waals surface area contributed by atoms with Crippen LogP contribution in [0.25, 0.3) is 11.3 Å². The molecule has 0 spiro atoms. The van der Waals surface area contributed by atoms with Crippen LogP contribution in [0.2, 0.25) is 0 Å². The maximum atomic E-state index is 14.2. The van der Waals surface area contributed by atoms with Crippen LogP contribution in [-0.4, -0.2) is 53.7 Å². The Labute approximate surface area is 190 Å². The van der Waals surface area contributed by atoms with Gasteiger partial charge in [0.25, 0.3) is 0 Å². The summed E-state index contributed by atoms with van der Waals surface area (Å²) in [7, 11) is 0. The smallest absolute Gasteiger partial charge is 0.227 e. The third-order valence-corrected chi connectivity index (χ3v) is 6.27. The van der Waals surface area contributed by atoms with Gasteiger partial charge < -0.3 is 14.7 Å². The lowest BCUT2D eigenvalue weighted by Gasteiger charge is -2.41. The van der Waals surface area contributed by atoms with E-state index < -0.39 is 11.6 Å². The van der Waals surface area contributed by atoms with Gasteiger partial charge in [-0.1, -0.05) is 0 Å². The minimum absolute atomic E-state index is 0.0271. The molecule has 0 bridgehead atoms. The van der Waals surface area contributed by atoms with Crippen LogP contribution < -0.4 is 14.7 Å². The molecule has 2 aromatic heterocycles. The van der Waals surface area contributed by atoms with Crippen molar-refractivity contribution >= 4 is 17.6 Å². The molecule has 2 saturated heterocycles. The number of benzene rings is 1. The van der Waals surface area contributed by atoms with E-state index in [1.54, 1.807) is 12.3 Å². The van der Waals surface area contributed by atoms with Gasteiger partial charge in [-0.25, -0.2) is 23.1 Å².